The van der Waals surface area contributed by atoms with Crippen molar-refractivity contribution >= 4 is 6.03 Å². The fraction of sp³-hybridized carbons (Fsp3) is 0.500. The molecule has 2 N–H and O–H groups in total. The number of fused-ring (bicyclic) bond motifs is 1. The van der Waals surface area contributed by atoms with E-state index >= 15 is 0 Å². The standard InChI is InChI=1S/C18H22N4O2/c23-18(19-11-16-21-17(22-24-16)13-9-10-13)20-15-8-4-2-6-12-5-1-3-7-14(12)15/h1,3,5,7,13,15H,2,4,6,8-11H2,(H2,19,20,23)/t15-/m0/s1. The summed E-state index contributed by atoms with van der Waals surface area (Å²) in [6.07, 6.45) is 6.61. The Bertz CT molecular complexity index is 723. The molecule has 0 aliphatic heterocycles. The number of aryl methyl sites for hydroxylation is 1. The number of amides is 2. The van der Waals surface area contributed by atoms with Gasteiger partial charge in [-0.1, -0.05) is 35.8 Å². The smallest absolute Gasteiger partial charge is 0.315 e. The molecule has 1 heterocycles. The molecule has 0 spiro atoms. The van der Waals surface area contributed by atoms with E-state index < -0.39 is 0 Å². The van der Waals surface area contributed by atoms with Gasteiger partial charge in [-0.3, -0.25) is 0 Å². The Morgan fingerprint density at radius 2 is 2.08 bits per heavy atom. The van der Waals surface area contributed by atoms with E-state index in [1.807, 2.05) is 6.07 Å². The Hall–Kier alpha value is -2.37. The minimum Gasteiger partial charge on any atom is -0.337 e. The van der Waals surface area contributed by atoms with Gasteiger partial charge in [0.25, 0.3) is 0 Å². The lowest BCUT2D eigenvalue weighted by Gasteiger charge is -2.19. The number of carbonyl (C=O) groups excluding carboxylic acids is 1. The Labute approximate surface area is 141 Å². The molecule has 2 aliphatic carbocycles. The first-order chi connectivity index (χ1) is 11.8. The molecule has 1 aromatic carbocycles. The van der Waals surface area contributed by atoms with E-state index in [1.165, 1.54) is 17.5 Å². The summed E-state index contributed by atoms with van der Waals surface area (Å²) in [6, 6.07) is 8.25. The quantitative estimate of drug-likeness (QED) is 0.846. The van der Waals surface area contributed by atoms with Crippen LogP contribution in [0.5, 0.6) is 0 Å². The number of benzene rings is 1. The molecule has 0 radical (unpaired) electrons. The van der Waals surface area contributed by atoms with Gasteiger partial charge in [-0.2, -0.15) is 4.98 Å². The molecule has 2 amide bonds. The SMILES string of the molecule is O=C(NCc1nc(C2CC2)no1)N[C@H]1CCCCc2ccccc21. The average molecular weight is 326 g/mol. The zero-order chi connectivity index (χ0) is 16.4. The summed E-state index contributed by atoms with van der Waals surface area (Å²) in [5.74, 6) is 1.69. The fourth-order valence-electron chi connectivity index (χ4n) is 3.28. The van der Waals surface area contributed by atoms with Crippen LogP contribution in [0.1, 0.15) is 66.9 Å². The largest absolute Gasteiger partial charge is 0.337 e. The third-order valence-corrected chi connectivity index (χ3v) is 4.75. The molecule has 2 aromatic rings. The van der Waals surface area contributed by atoms with Crippen LogP contribution in [-0.2, 0) is 13.0 Å². The summed E-state index contributed by atoms with van der Waals surface area (Å²) in [5, 5.41) is 9.87. The second kappa shape index (κ2) is 6.63. The van der Waals surface area contributed by atoms with E-state index in [-0.39, 0.29) is 18.6 Å². The number of nitrogens with one attached hydrogen (secondary N) is 2. The van der Waals surface area contributed by atoms with Crippen molar-refractivity contribution in [3.8, 4) is 0 Å². The molecular weight excluding hydrogens is 304 g/mol. The second-order valence-corrected chi connectivity index (χ2v) is 6.64. The van der Waals surface area contributed by atoms with E-state index in [9.17, 15) is 4.79 Å². The molecular formula is C18H22N4O2. The maximum atomic E-state index is 12.2. The topological polar surface area (TPSA) is 80.1 Å². The molecule has 6 heteroatoms. The zero-order valence-corrected chi connectivity index (χ0v) is 13.6. The van der Waals surface area contributed by atoms with Crippen LogP contribution in [0.15, 0.2) is 28.8 Å². The van der Waals surface area contributed by atoms with E-state index in [4.69, 9.17) is 4.52 Å². The van der Waals surface area contributed by atoms with Crippen molar-refractivity contribution in [3.05, 3.63) is 47.1 Å². The molecule has 1 fully saturated rings. The number of carbonyl (C=O) groups is 1. The summed E-state index contributed by atoms with van der Waals surface area (Å²) >= 11 is 0. The van der Waals surface area contributed by atoms with Crippen LogP contribution in [0.25, 0.3) is 0 Å². The molecule has 4 rings (SSSR count). The molecule has 24 heavy (non-hydrogen) atoms. The van der Waals surface area contributed by atoms with Gasteiger partial charge in [-0.05, 0) is 43.2 Å². The summed E-state index contributed by atoms with van der Waals surface area (Å²) < 4.78 is 5.18. The Balaban J connectivity index is 1.35. The van der Waals surface area contributed by atoms with Crippen molar-refractivity contribution in [1.82, 2.24) is 20.8 Å². The molecule has 126 valence electrons. The van der Waals surface area contributed by atoms with Gasteiger partial charge in [0, 0.05) is 5.92 Å². The number of urea groups is 1. The monoisotopic (exact) mass is 326 g/mol. The number of hydrogen-bond donors (Lipinski definition) is 2. The Morgan fingerprint density at radius 1 is 1.21 bits per heavy atom. The Morgan fingerprint density at radius 3 is 2.96 bits per heavy atom. The first kappa shape index (κ1) is 15.2. The molecule has 0 bridgehead atoms. The lowest BCUT2D eigenvalue weighted by Crippen LogP contribution is -2.37. The van der Waals surface area contributed by atoms with E-state index in [0.29, 0.717) is 11.8 Å². The predicted octanol–water partition coefficient (Wildman–Crippen LogP) is 3.21. The van der Waals surface area contributed by atoms with Crippen molar-refractivity contribution in [2.24, 2.45) is 0 Å². The Kier molecular flexibility index (Phi) is 4.19. The van der Waals surface area contributed by atoms with Crippen LogP contribution in [0, 0.1) is 0 Å². The fourth-order valence-corrected chi connectivity index (χ4v) is 3.28. The average Bonchev–Trinajstić information content (AvgIpc) is 3.37. The normalized spacial score (nSPS) is 20.1. The maximum Gasteiger partial charge on any atom is 0.315 e. The van der Waals surface area contributed by atoms with Gasteiger partial charge in [0.2, 0.25) is 5.89 Å². The number of hydrogen-bond acceptors (Lipinski definition) is 4. The third-order valence-electron chi connectivity index (χ3n) is 4.75. The van der Waals surface area contributed by atoms with Crippen molar-refractivity contribution in [2.45, 2.75) is 57.0 Å². The molecule has 0 saturated heterocycles. The molecule has 1 aromatic heterocycles. The summed E-state index contributed by atoms with van der Waals surface area (Å²) in [4.78, 5) is 16.6. The van der Waals surface area contributed by atoms with Gasteiger partial charge in [-0.25, -0.2) is 4.79 Å². The van der Waals surface area contributed by atoms with Crippen molar-refractivity contribution < 1.29 is 9.32 Å². The van der Waals surface area contributed by atoms with Crippen LogP contribution in [0.3, 0.4) is 0 Å². The number of aromatic nitrogens is 2. The molecule has 1 atom stereocenters. The van der Waals surface area contributed by atoms with Gasteiger partial charge in [0.15, 0.2) is 5.82 Å². The minimum absolute atomic E-state index is 0.0633. The molecule has 1 saturated carbocycles. The lowest BCUT2D eigenvalue weighted by atomic mass is 9.99. The van der Waals surface area contributed by atoms with E-state index in [0.717, 1.165) is 37.9 Å². The van der Waals surface area contributed by atoms with Gasteiger partial charge in [0.05, 0.1) is 12.6 Å². The zero-order valence-electron chi connectivity index (χ0n) is 13.6. The molecule has 6 nitrogen and oxygen atoms in total. The second-order valence-electron chi connectivity index (χ2n) is 6.64. The van der Waals surface area contributed by atoms with E-state index in [1.54, 1.807) is 0 Å². The van der Waals surface area contributed by atoms with Crippen molar-refractivity contribution in [1.29, 1.82) is 0 Å². The van der Waals surface area contributed by atoms with Gasteiger partial charge in [-0.15, -0.1) is 0 Å². The minimum atomic E-state index is -0.192. The third kappa shape index (κ3) is 3.42. The molecule has 2 aliphatic rings. The summed E-state index contributed by atoms with van der Waals surface area (Å²) in [6.45, 7) is 0.264. The number of rotatable bonds is 4. The van der Waals surface area contributed by atoms with Gasteiger partial charge >= 0.3 is 6.03 Å². The predicted molar refractivity (Wildman–Crippen MR) is 88.4 cm³/mol. The first-order valence-electron chi connectivity index (χ1n) is 8.74. The lowest BCUT2D eigenvalue weighted by molar-refractivity contribution is 0.234. The summed E-state index contributed by atoms with van der Waals surface area (Å²) in [5.41, 5.74) is 2.57. The molecule has 0 unspecified atom stereocenters. The van der Waals surface area contributed by atoms with Crippen LogP contribution < -0.4 is 10.6 Å². The van der Waals surface area contributed by atoms with Gasteiger partial charge < -0.3 is 15.2 Å². The van der Waals surface area contributed by atoms with Crippen molar-refractivity contribution in [2.75, 3.05) is 0 Å². The van der Waals surface area contributed by atoms with Crippen LogP contribution in [0.4, 0.5) is 4.79 Å². The highest BCUT2D eigenvalue weighted by molar-refractivity contribution is 5.74. The van der Waals surface area contributed by atoms with Crippen molar-refractivity contribution in [3.63, 3.8) is 0 Å². The highest BCUT2D eigenvalue weighted by atomic mass is 16.5. The van der Waals surface area contributed by atoms with Gasteiger partial charge in [0.1, 0.15) is 0 Å². The van der Waals surface area contributed by atoms with Crippen LogP contribution in [0.2, 0.25) is 0 Å². The summed E-state index contributed by atoms with van der Waals surface area (Å²) in [7, 11) is 0. The van der Waals surface area contributed by atoms with Crippen LogP contribution >= 0.6 is 0 Å². The van der Waals surface area contributed by atoms with E-state index in [2.05, 4.69) is 39.0 Å². The highest BCUT2D eigenvalue weighted by Gasteiger charge is 2.28. The van der Waals surface area contributed by atoms with Crippen LogP contribution in [-0.4, -0.2) is 16.2 Å². The highest BCUT2D eigenvalue weighted by Crippen LogP contribution is 2.38. The first-order valence-corrected chi connectivity index (χ1v) is 8.74. The maximum absolute atomic E-state index is 12.2. The number of nitrogens with zero attached hydrogens (tertiary/aromatic N) is 2.